The van der Waals surface area contributed by atoms with Crippen molar-refractivity contribution in [2.45, 2.75) is 44.3 Å². The van der Waals surface area contributed by atoms with Crippen LogP contribution < -0.4 is 10.4 Å². The van der Waals surface area contributed by atoms with Crippen LogP contribution in [0.1, 0.15) is 49.9 Å². The third-order valence-corrected chi connectivity index (χ3v) is 10.7. The number of anilines is 3. The van der Waals surface area contributed by atoms with Crippen LogP contribution in [0.5, 0.6) is 0 Å². The van der Waals surface area contributed by atoms with E-state index in [-0.39, 0.29) is 0 Å². The first-order valence-electron chi connectivity index (χ1n) is 15.9. The molecule has 1 fully saturated rings. The summed E-state index contributed by atoms with van der Waals surface area (Å²) < 4.78 is 13.2. The van der Waals surface area contributed by atoms with Crippen molar-refractivity contribution in [1.29, 1.82) is 0 Å². The molecule has 6 aromatic carbocycles. The lowest BCUT2D eigenvalue weighted by Gasteiger charge is -2.45. The van der Waals surface area contributed by atoms with E-state index < -0.39 is 23.7 Å². The SMILES string of the molecule is CC1(C)OB(c2ccc3c(c2)N(c2ccccc2)c2ccccc2C32c3ccccc3-c3cc4ccccc4cc32)OC1(C)C. The molecule has 1 saturated heterocycles. The van der Waals surface area contributed by atoms with E-state index in [1.54, 1.807) is 0 Å². The molecule has 3 aliphatic rings. The summed E-state index contributed by atoms with van der Waals surface area (Å²) in [6.07, 6.45) is 0. The normalized spacial score (nSPS) is 20.2. The van der Waals surface area contributed by atoms with Crippen LogP contribution in [-0.4, -0.2) is 18.3 Å². The maximum absolute atomic E-state index is 6.59. The molecule has 4 heteroatoms. The van der Waals surface area contributed by atoms with Gasteiger partial charge in [0.05, 0.1) is 28.0 Å². The molecule has 0 bridgehead atoms. The number of rotatable bonds is 2. The Kier molecular flexibility index (Phi) is 5.47. The van der Waals surface area contributed by atoms with Gasteiger partial charge in [0.25, 0.3) is 0 Å². The van der Waals surface area contributed by atoms with Crippen LogP contribution in [0.2, 0.25) is 0 Å². The molecule has 45 heavy (non-hydrogen) atoms. The summed E-state index contributed by atoms with van der Waals surface area (Å²) in [5.41, 5.74) is 10.9. The van der Waals surface area contributed by atoms with Crippen LogP contribution in [0.15, 0.2) is 133 Å². The van der Waals surface area contributed by atoms with Gasteiger partial charge in [-0.05, 0) is 114 Å². The molecule has 1 unspecified atom stereocenters. The van der Waals surface area contributed by atoms with Crippen molar-refractivity contribution in [2.75, 3.05) is 4.90 Å². The largest absolute Gasteiger partial charge is 0.494 e. The van der Waals surface area contributed by atoms with E-state index in [9.17, 15) is 0 Å². The number of nitrogens with zero attached hydrogens (tertiary/aromatic N) is 1. The van der Waals surface area contributed by atoms with Gasteiger partial charge in [-0.3, -0.25) is 0 Å². The number of fused-ring (bicyclic) bond motifs is 10. The van der Waals surface area contributed by atoms with E-state index in [4.69, 9.17) is 9.31 Å². The Balaban J connectivity index is 1.39. The fraction of sp³-hybridized carbons (Fsp3) is 0.171. The van der Waals surface area contributed by atoms with Crippen molar-refractivity contribution in [2.24, 2.45) is 0 Å². The van der Waals surface area contributed by atoms with Crippen LogP contribution in [0.3, 0.4) is 0 Å². The van der Waals surface area contributed by atoms with Gasteiger partial charge in [-0.1, -0.05) is 97.1 Å². The molecule has 0 amide bonds. The summed E-state index contributed by atoms with van der Waals surface area (Å²) in [6, 6.07) is 49.1. The molecule has 0 saturated carbocycles. The minimum absolute atomic E-state index is 0.426. The van der Waals surface area contributed by atoms with Crippen LogP contribution in [-0.2, 0) is 14.7 Å². The number of para-hydroxylation sites is 2. The van der Waals surface area contributed by atoms with Gasteiger partial charge in [0, 0.05) is 5.69 Å². The summed E-state index contributed by atoms with van der Waals surface area (Å²) in [4.78, 5) is 2.42. The molecule has 218 valence electrons. The molecule has 3 nitrogen and oxygen atoms in total. The lowest BCUT2D eigenvalue weighted by Crippen LogP contribution is -2.41. The van der Waals surface area contributed by atoms with Gasteiger partial charge in [-0.2, -0.15) is 0 Å². The second-order valence-electron chi connectivity index (χ2n) is 13.6. The Hall–Kier alpha value is -4.64. The van der Waals surface area contributed by atoms with Gasteiger partial charge in [0.2, 0.25) is 0 Å². The number of benzene rings is 6. The Labute approximate surface area is 265 Å². The standard InChI is InChI=1S/C41H34BNO2/c1-39(2)40(3,4)45-42(44-39)29-22-23-35-38(26-29)43(30-16-6-5-7-17-30)37-21-13-12-20-34(37)41(35)33-19-11-10-18-31(33)32-24-27-14-8-9-15-28(27)25-36(32)41/h5-26H,1-4H3. The minimum Gasteiger partial charge on any atom is -0.399 e. The first-order valence-corrected chi connectivity index (χ1v) is 15.9. The first-order chi connectivity index (χ1) is 21.8. The van der Waals surface area contributed by atoms with Crippen molar-refractivity contribution >= 4 is 40.4 Å². The Morgan fingerprint density at radius 1 is 0.489 bits per heavy atom. The van der Waals surface area contributed by atoms with E-state index >= 15 is 0 Å². The van der Waals surface area contributed by atoms with Gasteiger partial charge < -0.3 is 14.2 Å². The second kappa shape index (κ2) is 9.20. The number of hydrogen-bond donors (Lipinski definition) is 0. The van der Waals surface area contributed by atoms with Gasteiger partial charge in [-0.15, -0.1) is 0 Å². The highest BCUT2D eigenvalue weighted by atomic mass is 16.7. The van der Waals surface area contributed by atoms with Crippen LogP contribution in [0, 0.1) is 0 Å². The van der Waals surface area contributed by atoms with Crippen LogP contribution in [0.25, 0.3) is 21.9 Å². The second-order valence-corrected chi connectivity index (χ2v) is 13.6. The summed E-state index contributed by atoms with van der Waals surface area (Å²) in [7, 11) is -0.460. The quantitative estimate of drug-likeness (QED) is 0.189. The molecular weight excluding hydrogens is 549 g/mol. The van der Waals surface area contributed by atoms with E-state index in [1.165, 1.54) is 49.8 Å². The Bertz CT molecular complexity index is 2140. The van der Waals surface area contributed by atoms with Crippen molar-refractivity contribution in [3.05, 3.63) is 156 Å². The molecule has 6 aromatic rings. The van der Waals surface area contributed by atoms with E-state index in [2.05, 4.69) is 166 Å². The van der Waals surface area contributed by atoms with Crippen LogP contribution in [0.4, 0.5) is 17.1 Å². The lowest BCUT2D eigenvalue weighted by atomic mass is 9.63. The monoisotopic (exact) mass is 583 g/mol. The molecule has 1 atom stereocenters. The average Bonchev–Trinajstić information content (AvgIpc) is 3.46. The van der Waals surface area contributed by atoms with E-state index in [1.807, 2.05) is 0 Å². The van der Waals surface area contributed by atoms with Crippen molar-refractivity contribution < 1.29 is 9.31 Å². The van der Waals surface area contributed by atoms with Gasteiger partial charge in [0.1, 0.15) is 0 Å². The minimum atomic E-state index is -0.498. The van der Waals surface area contributed by atoms with Gasteiger partial charge in [0.15, 0.2) is 0 Å². The molecular formula is C41H34BNO2. The Morgan fingerprint density at radius 3 is 1.84 bits per heavy atom. The molecule has 0 radical (unpaired) electrons. The topological polar surface area (TPSA) is 21.7 Å². The average molecular weight is 584 g/mol. The van der Waals surface area contributed by atoms with Crippen molar-refractivity contribution in [1.82, 2.24) is 0 Å². The molecule has 0 N–H and O–H groups in total. The summed E-state index contributed by atoms with van der Waals surface area (Å²) in [6.45, 7) is 8.46. The molecule has 2 aliphatic heterocycles. The highest BCUT2D eigenvalue weighted by Gasteiger charge is 2.54. The predicted molar refractivity (Wildman–Crippen MR) is 185 cm³/mol. The third kappa shape index (κ3) is 3.55. The summed E-state index contributed by atoms with van der Waals surface area (Å²) >= 11 is 0. The fourth-order valence-corrected chi connectivity index (χ4v) is 7.84. The highest BCUT2D eigenvalue weighted by Crippen LogP contribution is 2.63. The molecule has 9 rings (SSSR count). The van der Waals surface area contributed by atoms with Gasteiger partial charge in [-0.25, -0.2) is 0 Å². The zero-order chi connectivity index (χ0) is 30.6. The molecule has 1 aliphatic carbocycles. The lowest BCUT2D eigenvalue weighted by molar-refractivity contribution is 0.00578. The number of hydrogen-bond acceptors (Lipinski definition) is 3. The molecule has 2 heterocycles. The van der Waals surface area contributed by atoms with Crippen LogP contribution >= 0.6 is 0 Å². The zero-order valence-electron chi connectivity index (χ0n) is 26.0. The fourth-order valence-electron chi connectivity index (χ4n) is 7.84. The molecule has 1 spiro atoms. The van der Waals surface area contributed by atoms with Crippen molar-refractivity contribution in [3.63, 3.8) is 0 Å². The first kappa shape index (κ1) is 26.7. The van der Waals surface area contributed by atoms with E-state index in [0.717, 1.165) is 16.8 Å². The van der Waals surface area contributed by atoms with Crippen molar-refractivity contribution in [3.8, 4) is 11.1 Å². The highest BCUT2D eigenvalue weighted by molar-refractivity contribution is 6.62. The maximum Gasteiger partial charge on any atom is 0.494 e. The van der Waals surface area contributed by atoms with Gasteiger partial charge >= 0.3 is 7.12 Å². The third-order valence-electron chi connectivity index (χ3n) is 10.7. The maximum atomic E-state index is 6.59. The van der Waals surface area contributed by atoms with E-state index in [0.29, 0.717) is 0 Å². The summed E-state index contributed by atoms with van der Waals surface area (Å²) in [5, 5.41) is 2.51. The summed E-state index contributed by atoms with van der Waals surface area (Å²) in [5.74, 6) is 0. The zero-order valence-corrected chi connectivity index (χ0v) is 26.0. The Morgan fingerprint density at radius 2 is 1.09 bits per heavy atom. The molecule has 0 aromatic heterocycles. The predicted octanol–water partition coefficient (Wildman–Crippen LogP) is 9.29. The smallest absolute Gasteiger partial charge is 0.399 e.